The monoisotopic (exact) mass is 232 g/mol. The standard InChI is InChI=1S/C15H24N2/c1-4-14(16-3)13-7-5-6-8-15(13)17-10-9-12(2)11-17/h5-8,12,14,16H,4,9-11H2,1-3H3. The topological polar surface area (TPSA) is 15.3 Å². The second kappa shape index (κ2) is 5.54. The third kappa shape index (κ3) is 2.63. The molecule has 94 valence electrons. The maximum Gasteiger partial charge on any atom is 0.0414 e. The fraction of sp³-hybridized carbons (Fsp3) is 0.600. The highest BCUT2D eigenvalue weighted by molar-refractivity contribution is 5.55. The Morgan fingerprint density at radius 2 is 2.18 bits per heavy atom. The zero-order chi connectivity index (χ0) is 12.3. The molecule has 2 unspecified atom stereocenters. The summed E-state index contributed by atoms with van der Waals surface area (Å²) in [5.41, 5.74) is 2.88. The molecule has 0 saturated carbocycles. The van der Waals surface area contributed by atoms with Gasteiger partial charge in [0.1, 0.15) is 0 Å². The van der Waals surface area contributed by atoms with E-state index in [-0.39, 0.29) is 0 Å². The molecule has 1 aliphatic rings. The summed E-state index contributed by atoms with van der Waals surface area (Å²) in [6.45, 7) is 7.00. The van der Waals surface area contributed by atoms with Crippen molar-refractivity contribution in [2.75, 3.05) is 25.0 Å². The average Bonchev–Trinajstić information content (AvgIpc) is 2.78. The molecule has 1 N–H and O–H groups in total. The first-order chi connectivity index (χ1) is 8.26. The Morgan fingerprint density at radius 3 is 2.76 bits per heavy atom. The van der Waals surface area contributed by atoms with Gasteiger partial charge in [-0.25, -0.2) is 0 Å². The molecule has 0 bridgehead atoms. The normalized spacial score (nSPS) is 21.8. The lowest BCUT2D eigenvalue weighted by atomic mass is 10.0. The van der Waals surface area contributed by atoms with E-state index in [1.807, 2.05) is 0 Å². The summed E-state index contributed by atoms with van der Waals surface area (Å²) in [6.07, 6.45) is 2.46. The summed E-state index contributed by atoms with van der Waals surface area (Å²) < 4.78 is 0. The first kappa shape index (κ1) is 12.4. The van der Waals surface area contributed by atoms with Gasteiger partial charge in [0.2, 0.25) is 0 Å². The minimum absolute atomic E-state index is 0.474. The molecule has 2 heteroatoms. The molecule has 2 rings (SSSR count). The molecule has 1 aromatic carbocycles. The van der Waals surface area contributed by atoms with Crippen LogP contribution in [0.4, 0.5) is 5.69 Å². The Balaban J connectivity index is 2.27. The van der Waals surface area contributed by atoms with Crippen molar-refractivity contribution in [2.45, 2.75) is 32.7 Å². The Bertz CT molecular complexity index is 358. The molecule has 0 aliphatic carbocycles. The molecule has 2 atom stereocenters. The van der Waals surface area contributed by atoms with Crippen LogP contribution in [0, 0.1) is 5.92 Å². The summed E-state index contributed by atoms with van der Waals surface area (Å²) in [6, 6.07) is 9.32. The van der Waals surface area contributed by atoms with Crippen LogP contribution < -0.4 is 10.2 Å². The van der Waals surface area contributed by atoms with Crippen molar-refractivity contribution in [3.8, 4) is 0 Å². The number of hydrogen-bond acceptors (Lipinski definition) is 2. The van der Waals surface area contributed by atoms with Gasteiger partial charge in [-0.1, -0.05) is 32.0 Å². The molecule has 0 amide bonds. The van der Waals surface area contributed by atoms with Crippen LogP contribution in [0.3, 0.4) is 0 Å². The van der Waals surface area contributed by atoms with Gasteiger partial charge in [0, 0.05) is 24.8 Å². The van der Waals surface area contributed by atoms with Crippen LogP contribution in [0.2, 0.25) is 0 Å². The Kier molecular flexibility index (Phi) is 4.06. The van der Waals surface area contributed by atoms with E-state index < -0.39 is 0 Å². The molecule has 0 aromatic heterocycles. The zero-order valence-corrected chi connectivity index (χ0v) is 11.2. The van der Waals surface area contributed by atoms with Crippen LogP contribution in [-0.4, -0.2) is 20.1 Å². The summed E-state index contributed by atoms with van der Waals surface area (Å²) >= 11 is 0. The second-order valence-electron chi connectivity index (χ2n) is 5.15. The predicted molar refractivity (Wildman–Crippen MR) is 74.5 cm³/mol. The molecule has 1 saturated heterocycles. The summed E-state index contributed by atoms with van der Waals surface area (Å²) in [5.74, 6) is 0.831. The summed E-state index contributed by atoms with van der Waals surface area (Å²) in [7, 11) is 2.05. The predicted octanol–water partition coefficient (Wildman–Crippen LogP) is 3.20. The largest absolute Gasteiger partial charge is 0.371 e. The van der Waals surface area contributed by atoms with E-state index in [0.717, 1.165) is 12.3 Å². The first-order valence-electron chi connectivity index (χ1n) is 6.77. The van der Waals surface area contributed by atoms with Crippen molar-refractivity contribution in [3.63, 3.8) is 0 Å². The van der Waals surface area contributed by atoms with Crippen LogP contribution in [0.15, 0.2) is 24.3 Å². The smallest absolute Gasteiger partial charge is 0.0414 e. The van der Waals surface area contributed by atoms with Crippen molar-refractivity contribution in [1.29, 1.82) is 0 Å². The van der Waals surface area contributed by atoms with Crippen molar-refractivity contribution in [3.05, 3.63) is 29.8 Å². The van der Waals surface area contributed by atoms with E-state index in [0.29, 0.717) is 6.04 Å². The minimum atomic E-state index is 0.474. The Labute approximate surface area is 105 Å². The van der Waals surface area contributed by atoms with E-state index in [4.69, 9.17) is 0 Å². The van der Waals surface area contributed by atoms with Crippen LogP contribution in [0.25, 0.3) is 0 Å². The number of rotatable bonds is 4. The lowest BCUT2D eigenvalue weighted by molar-refractivity contribution is 0.575. The highest BCUT2D eigenvalue weighted by Crippen LogP contribution is 2.31. The Morgan fingerprint density at radius 1 is 1.41 bits per heavy atom. The van der Waals surface area contributed by atoms with Crippen molar-refractivity contribution >= 4 is 5.69 Å². The fourth-order valence-corrected chi connectivity index (χ4v) is 2.80. The van der Waals surface area contributed by atoms with Gasteiger partial charge in [0.15, 0.2) is 0 Å². The lowest BCUT2D eigenvalue weighted by Gasteiger charge is -2.25. The van der Waals surface area contributed by atoms with E-state index in [9.17, 15) is 0 Å². The summed E-state index contributed by atoms with van der Waals surface area (Å²) in [4.78, 5) is 2.54. The van der Waals surface area contributed by atoms with Crippen LogP contribution >= 0.6 is 0 Å². The third-order valence-electron chi connectivity index (χ3n) is 3.83. The van der Waals surface area contributed by atoms with E-state index in [1.54, 1.807) is 0 Å². The van der Waals surface area contributed by atoms with Gasteiger partial charge >= 0.3 is 0 Å². The number of nitrogens with one attached hydrogen (secondary N) is 1. The molecule has 2 nitrogen and oxygen atoms in total. The Hall–Kier alpha value is -1.02. The SMILES string of the molecule is CCC(NC)c1ccccc1N1CCC(C)C1. The molecule has 1 fully saturated rings. The van der Waals surface area contributed by atoms with Crippen LogP contribution in [0.5, 0.6) is 0 Å². The van der Waals surface area contributed by atoms with Gasteiger partial charge in [-0.15, -0.1) is 0 Å². The molecule has 1 heterocycles. The van der Waals surface area contributed by atoms with E-state index in [1.165, 1.54) is 30.8 Å². The first-order valence-corrected chi connectivity index (χ1v) is 6.77. The van der Waals surface area contributed by atoms with Crippen molar-refractivity contribution in [2.24, 2.45) is 5.92 Å². The van der Waals surface area contributed by atoms with E-state index >= 15 is 0 Å². The maximum absolute atomic E-state index is 3.42. The quantitative estimate of drug-likeness (QED) is 0.857. The van der Waals surface area contributed by atoms with Gasteiger partial charge < -0.3 is 10.2 Å². The molecule has 1 aliphatic heterocycles. The van der Waals surface area contributed by atoms with Crippen LogP contribution in [0.1, 0.15) is 38.3 Å². The highest BCUT2D eigenvalue weighted by atomic mass is 15.2. The molecule has 0 radical (unpaired) electrons. The van der Waals surface area contributed by atoms with Crippen molar-refractivity contribution in [1.82, 2.24) is 5.32 Å². The maximum atomic E-state index is 3.42. The van der Waals surface area contributed by atoms with E-state index in [2.05, 4.69) is 55.4 Å². The molecular formula is C15H24N2. The van der Waals surface area contributed by atoms with Gasteiger partial charge in [0.05, 0.1) is 0 Å². The number of para-hydroxylation sites is 1. The molecule has 17 heavy (non-hydrogen) atoms. The molecular weight excluding hydrogens is 208 g/mol. The zero-order valence-electron chi connectivity index (χ0n) is 11.2. The second-order valence-corrected chi connectivity index (χ2v) is 5.15. The summed E-state index contributed by atoms with van der Waals surface area (Å²) in [5, 5.41) is 3.42. The highest BCUT2D eigenvalue weighted by Gasteiger charge is 2.22. The van der Waals surface area contributed by atoms with Crippen molar-refractivity contribution < 1.29 is 0 Å². The van der Waals surface area contributed by atoms with Gasteiger partial charge in [-0.2, -0.15) is 0 Å². The fourth-order valence-electron chi connectivity index (χ4n) is 2.80. The number of hydrogen-bond donors (Lipinski definition) is 1. The van der Waals surface area contributed by atoms with Gasteiger partial charge in [-0.05, 0) is 37.4 Å². The minimum Gasteiger partial charge on any atom is -0.371 e. The lowest BCUT2D eigenvalue weighted by Crippen LogP contribution is -2.24. The van der Waals surface area contributed by atoms with Crippen LogP contribution in [-0.2, 0) is 0 Å². The molecule has 0 spiro atoms. The number of benzene rings is 1. The van der Waals surface area contributed by atoms with Gasteiger partial charge in [-0.3, -0.25) is 0 Å². The average molecular weight is 232 g/mol. The number of nitrogens with zero attached hydrogens (tertiary/aromatic N) is 1. The number of anilines is 1. The van der Waals surface area contributed by atoms with Gasteiger partial charge in [0.25, 0.3) is 0 Å². The molecule has 1 aromatic rings. The third-order valence-corrected chi connectivity index (χ3v) is 3.83.